The van der Waals surface area contributed by atoms with Crippen molar-refractivity contribution in [3.8, 4) is 5.75 Å². The van der Waals surface area contributed by atoms with E-state index in [1.807, 2.05) is 31.2 Å². The second-order valence-corrected chi connectivity index (χ2v) is 7.66. The van der Waals surface area contributed by atoms with Gasteiger partial charge in [0.2, 0.25) is 0 Å². The molecule has 26 heavy (non-hydrogen) atoms. The number of para-hydroxylation sites is 1. The van der Waals surface area contributed by atoms with Crippen molar-refractivity contribution in [2.75, 3.05) is 23.7 Å². The minimum Gasteiger partial charge on any atom is -0.461 e. The number of allylic oxidation sites excluding steroid dienone is 1. The number of halogens is 1. The number of ether oxygens (including phenoxy) is 1. The Labute approximate surface area is 160 Å². The second-order valence-electron chi connectivity index (χ2n) is 5.42. The summed E-state index contributed by atoms with van der Waals surface area (Å²) in [5.41, 5.74) is 2.19. The number of thioether (sulfide) groups is 1. The van der Waals surface area contributed by atoms with Crippen molar-refractivity contribution in [1.82, 2.24) is 4.72 Å². The van der Waals surface area contributed by atoms with Gasteiger partial charge in [0.25, 0.3) is 0 Å². The van der Waals surface area contributed by atoms with E-state index < -0.39 is 5.83 Å². The molecule has 0 aliphatic carbocycles. The van der Waals surface area contributed by atoms with Crippen molar-refractivity contribution in [2.24, 2.45) is 0 Å². The highest BCUT2D eigenvalue weighted by Gasteiger charge is 2.20. The molecule has 0 saturated carbocycles. The topological polar surface area (TPSA) is 41.6 Å². The van der Waals surface area contributed by atoms with E-state index >= 15 is 0 Å². The molecular weight excluding hydrogens is 371 g/mol. The zero-order chi connectivity index (χ0) is 18.4. The highest BCUT2D eigenvalue weighted by molar-refractivity contribution is 7.99. The molecule has 7 heteroatoms. The molecule has 0 aromatic heterocycles. The third-order valence-corrected chi connectivity index (χ3v) is 5.53. The number of aldehydes is 1. The van der Waals surface area contributed by atoms with E-state index in [9.17, 15) is 9.18 Å². The van der Waals surface area contributed by atoms with E-state index in [2.05, 4.69) is 27.8 Å². The first-order valence-corrected chi connectivity index (χ1v) is 10.0. The fourth-order valence-corrected chi connectivity index (χ4v) is 4.16. The summed E-state index contributed by atoms with van der Waals surface area (Å²) < 4.78 is 21.9. The number of hydrogen-bond donors (Lipinski definition) is 1. The van der Waals surface area contributed by atoms with Crippen molar-refractivity contribution in [2.45, 2.75) is 16.7 Å². The SMILES string of the molecule is CCSc1cc2c(cc1O/C=C(\F)C=O)SNCCN2c1ccccc1. The Kier molecular flexibility index (Phi) is 6.60. The van der Waals surface area contributed by atoms with Gasteiger partial charge in [-0.15, -0.1) is 11.8 Å². The molecule has 0 fully saturated rings. The van der Waals surface area contributed by atoms with Crippen LogP contribution in [0.2, 0.25) is 0 Å². The molecule has 3 rings (SSSR count). The van der Waals surface area contributed by atoms with E-state index in [-0.39, 0.29) is 6.29 Å². The van der Waals surface area contributed by atoms with Crippen LogP contribution in [0.3, 0.4) is 0 Å². The highest BCUT2D eigenvalue weighted by atomic mass is 32.2. The van der Waals surface area contributed by atoms with Gasteiger partial charge >= 0.3 is 0 Å². The first-order valence-electron chi connectivity index (χ1n) is 8.23. The summed E-state index contributed by atoms with van der Waals surface area (Å²) >= 11 is 3.14. The smallest absolute Gasteiger partial charge is 0.197 e. The number of hydrogen-bond acceptors (Lipinski definition) is 6. The van der Waals surface area contributed by atoms with Crippen LogP contribution in [0.15, 0.2) is 64.3 Å². The van der Waals surface area contributed by atoms with Crippen molar-refractivity contribution >= 4 is 41.4 Å². The third kappa shape index (κ3) is 4.41. The highest BCUT2D eigenvalue weighted by Crippen LogP contribution is 2.42. The molecule has 1 aliphatic rings. The van der Waals surface area contributed by atoms with Crippen LogP contribution in [0.4, 0.5) is 15.8 Å². The standard InChI is InChI=1S/C19H19FN2O2S2/c1-2-25-19-10-16-18(11-17(19)24-13-14(20)12-23)26-21-8-9-22(16)15-6-4-3-5-7-15/h3-7,10-13,21H,2,8-9H2,1H3/b14-13-. The molecule has 2 aromatic rings. The second kappa shape index (κ2) is 9.12. The lowest BCUT2D eigenvalue weighted by Crippen LogP contribution is -2.23. The molecule has 4 nitrogen and oxygen atoms in total. The molecular formula is C19H19FN2O2S2. The molecule has 0 bridgehead atoms. The van der Waals surface area contributed by atoms with E-state index in [0.717, 1.165) is 46.3 Å². The predicted molar refractivity (Wildman–Crippen MR) is 106 cm³/mol. The molecule has 1 aliphatic heterocycles. The minimum atomic E-state index is -0.941. The van der Waals surface area contributed by atoms with Gasteiger partial charge in [-0.25, -0.2) is 0 Å². The van der Waals surface area contributed by atoms with Gasteiger partial charge in [0.15, 0.2) is 12.1 Å². The maximum Gasteiger partial charge on any atom is 0.197 e. The normalized spacial score (nSPS) is 14.5. The fourth-order valence-electron chi connectivity index (χ4n) is 2.61. The number of benzene rings is 2. The molecule has 0 unspecified atom stereocenters. The van der Waals surface area contributed by atoms with E-state index in [0.29, 0.717) is 5.75 Å². The van der Waals surface area contributed by atoms with E-state index in [1.165, 1.54) is 11.9 Å². The number of fused-ring (bicyclic) bond motifs is 1. The Morgan fingerprint density at radius 3 is 2.92 bits per heavy atom. The average Bonchev–Trinajstić information content (AvgIpc) is 2.88. The van der Waals surface area contributed by atoms with Crippen molar-refractivity contribution < 1.29 is 13.9 Å². The lowest BCUT2D eigenvalue weighted by atomic mass is 10.2. The number of rotatable bonds is 6. The minimum absolute atomic E-state index is 0.128. The van der Waals surface area contributed by atoms with Crippen molar-refractivity contribution in [3.05, 3.63) is 54.6 Å². The summed E-state index contributed by atoms with van der Waals surface area (Å²) in [6.45, 7) is 3.70. The summed E-state index contributed by atoms with van der Waals surface area (Å²) in [6, 6.07) is 14.2. The van der Waals surface area contributed by atoms with Gasteiger partial charge in [0.1, 0.15) is 12.0 Å². The van der Waals surface area contributed by atoms with Crippen LogP contribution >= 0.6 is 23.7 Å². The largest absolute Gasteiger partial charge is 0.461 e. The van der Waals surface area contributed by atoms with Crippen LogP contribution in [0.25, 0.3) is 0 Å². The molecule has 0 radical (unpaired) electrons. The van der Waals surface area contributed by atoms with Gasteiger partial charge in [-0.05, 0) is 42.0 Å². The third-order valence-electron chi connectivity index (χ3n) is 3.71. The number of anilines is 2. The van der Waals surface area contributed by atoms with Gasteiger partial charge in [-0.3, -0.25) is 9.52 Å². The zero-order valence-electron chi connectivity index (χ0n) is 14.3. The number of nitrogens with zero attached hydrogens (tertiary/aromatic N) is 1. The van der Waals surface area contributed by atoms with Gasteiger partial charge < -0.3 is 9.64 Å². The summed E-state index contributed by atoms with van der Waals surface area (Å²) in [6.07, 6.45) is 0.974. The fraction of sp³-hybridized carbons (Fsp3) is 0.211. The van der Waals surface area contributed by atoms with E-state index in [4.69, 9.17) is 4.74 Å². The molecule has 1 heterocycles. The molecule has 0 saturated heterocycles. The van der Waals surface area contributed by atoms with Gasteiger partial charge in [0.05, 0.1) is 15.5 Å². The average molecular weight is 391 g/mol. The van der Waals surface area contributed by atoms with Crippen LogP contribution in [0.5, 0.6) is 5.75 Å². The first kappa shape index (κ1) is 18.8. The number of nitrogens with one attached hydrogen (secondary N) is 1. The van der Waals surface area contributed by atoms with Crippen LogP contribution < -0.4 is 14.4 Å². The summed E-state index contributed by atoms with van der Waals surface area (Å²) in [5.74, 6) is 0.451. The first-order chi connectivity index (χ1) is 12.7. The van der Waals surface area contributed by atoms with Crippen LogP contribution in [-0.4, -0.2) is 25.1 Å². The number of carbonyl (C=O) groups excluding carboxylic acids is 1. The Morgan fingerprint density at radius 2 is 2.19 bits per heavy atom. The monoisotopic (exact) mass is 390 g/mol. The Morgan fingerprint density at radius 1 is 1.38 bits per heavy atom. The quantitative estimate of drug-likeness (QED) is 0.248. The molecule has 0 amide bonds. The van der Waals surface area contributed by atoms with E-state index in [1.54, 1.807) is 11.8 Å². The van der Waals surface area contributed by atoms with Crippen molar-refractivity contribution in [3.63, 3.8) is 0 Å². The molecule has 136 valence electrons. The van der Waals surface area contributed by atoms with Crippen LogP contribution in [0.1, 0.15) is 6.92 Å². The Hall–Kier alpha value is -1.96. The molecule has 0 spiro atoms. The molecule has 0 atom stereocenters. The van der Waals surface area contributed by atoms with Crippen molar-refractivity contribution in [1.29, 1.82) is 0 Å². The Bertz CT molecular complexity index is 800. The maximum absolute atomic E-state index is 13.2. The Balaban J connectivity index is 2.04. The molecule has 1 N–H and O–H groups in total. The van der Waals surface area contributed by atoms with Gasteiger partial charge in [0, 0.05) is 18.8 Å². The summed E-state index contributed by atoms with van der Waals surface area (Å²) in [5, 5.41) is 0. The lowest BCUT2D eigenvalue weighted by molar-refractivity contribution is -0.106. The van der Waals surface area contributed by atoms with Gasteiger partial charge in [-0.2, -0.15) is 4.39 Å². The predicted octanol–water partition coefficient (Wildman–Crippen LogP) is 4.94. The number of carbonyl (C=O) groups is 1. The maximum atomic E-state index is 13.2. The summed E-state index contributed by atoms with van der Waals surface area (Å²) in [7, 11) is 0. The van der Waals surface area contributed by atoms with Crippen LogP contribution in [-0.2, 0) is 4.79 Å². The summed E-state index contributed by atoms with van der Waals surface area (Å²) in [4.78, 5) is 14.6. The molecule has 2 aromatic carbocycles. The van der Waals surface area contributed by atoms with Crippen LogP contribution in [0, 0.1) is 0 Å². The van der Waals surface area contributed by atoms with Gasteiger partial charge in [-0.1, -0.05) is 25.1 Å². The zero-order valence-corrected chi connectivity index (χ0v) is 15.9. The lowest BCUT2D eigenvalue weighted by Gasteiger charge is -2.25.